The Morgan fingerprint density at radius 1 is 1.29 bits per heavy atom. The van der Waals surface area contributed by atoms with Gasteiger partial charge in [0.1, 0.15) is 11.6 Å². The van der Waals surface area contributed by atoms with E-state index in [2.05, 4.69) is 26.8 Å². The first-order chi connectivity index (χ1) is 11.6. The molecule has 1 saturated heterocycles. The third-order valence-corrected chi connectivity index (χ3v) is 4.73. The summed E-state index contributed by atoms with van der Waals surface area (Å²) in [5.74, 6) is 1.03. The summed E-state index contributed by atoms with van der Waals surface area (Å²) in [5, 5.41) is 0. The molecule has 6 heteroatoms. The summed E-state index contributed by atoms with van der Waals surface area (Å²) >= 11 is 0. The second-order valence-corrected chi connectivity index (χ2v) is 6.72. The van der Waals surface area contributed by atoms with Crippen LogP contribution in [0.25, 0.3) is 11.2 Å². The number of hydrogen-bond acceptors (Lipinski definition) is 6. The van der Waals surface area contributed by atoms with Gasteiger partial charge in [-0.3, -0.25) is 4.79 Å². The molecule has 1 fully saturated rings. The Morgan fingerprint density at radius 3 is 2.83 bits per heavy atom. The summed E-state index contributed by atoms with van der Waals surface area (Å²) in [6.45, 7) is 5.86. The minimum absolute atomic E-state index is 0.177. The zero-order valence-electron chi connectivity index (χ0n) is 14.5. The van der Waals surface area contributed by atoms with E-state index in [1.165, 1.54) is 0 Å². The Morgan fingerprint density at radius 2 is 2.04 bits per heavy atom. The highest BCUT2D eigenvalue weighted by molar-refractivity contribution is 5.85. The fourth-order valence-corrected chi connectivity index (χ4v) is 3.53. The van der Waals surface area contributed by atoms with Gasteiger partial charge in [0.15, 0.2) is 11.4 Å². The van der Waals surface area contributed by atoms with Crippen molar-refractivity contribution in [3.63, 3.8) is 0 Å². The molecule has 0 spiro atoms. The van der Waals surface area contributed by atoms with E-state index < -0.39 is 0 Å². The van der Waals surface area contributed by atoms with Crippen molar-refractivity contribution in [1.29, 1.82) is 0 Å². The van der Waals surface area contributed by atoms with Crippen LogP contribution in [-0.2, 0) is 9.53 Å². The van der Waals surface area contributed by atoms with Crippen LogP contribution in [-0.4, -0.2) is 47.0 Å². The van der Waals surface area contributed by atoms with Crippen LogP contribution >= 0.6 is 0 Å². The Hall–Kier alpha value is -2.08. The number of ether oxygens (including phenoxy) is 1. The third-order valence-electron chi connectivity index (χ3n) is 4.73. The first kappa shape index (κ1) is 16.8. The minimum atomic E-state index is -0.330. The van der Waals surface area contributed by atoms with E-state index >= 15 is 0 Å². The van der Waals surface area contributed by atoms with Crippen LogP contribution in [0.15, 0.2) is 24.7 Å². The van der Waals surface area contributed by atoms with Gasteiger partial charge in [-0.15, -0.1) is 0 Å². The molecule has 2 aromatic heterocycles. The van der Waals surface area contributed by atoms with Crippen molar-refractivity contribution in [2.75, 3.05) is 25.1 Å². The number of hydrogen-bond donors (Lipinski definition) is 0. The van der Waals surface area contributed by atoms with Gasteiger partial charge in [0.25, 0.3) is 0 Å². The van der Waals surface area contributed by atoms with E-state index in [1.54, 1.807) is 25.7 Å². The van der Waals surface area contributed by atoms with E-state index in [1.807, 2.05) is 13.0 Å². The smallest absolute Gasteiger partial charge is 0.180 e. The van der Waals surface area contributed by atoms with Crippen molar-refractivity contribution in [3.8, 4) is 0 Å². The number of Topliss-reactive ketones (excluding diaryl/α,β-unsaturated/α-hetero) is 1. The number of methoxy groups -OCH3 is 1. The molecule has 0 aliphatic carbocycles. The maximum Gasteiger partial charge on any atom is 0.180 e. The van der Waals surface area contributed by atoms with Gasteiger partial charge < -0.3 is 9.64 Å². The number of aromatic nitrogens is 3. The van der Waals surface area contributed by atoms with E-state index in [-0.39, 0.29) is 11.9 Å². The Balaban J connectivity index is 1.81. The minimum Gasteiger partial charge on any atom is -0.374 e. The number of anilines is 1. The van der Waals surface area contributed by atoms with E-state index in [0.29, 0.717) is 23.9 Å². The van der Waals surface area contributed by atoms with Gasteiger partial charge in [0, 0.05) is 45.2 Å². The number of rotatable bonds is 5. The molecule has 0 bridgehead atoms. The lowest BCUT2D eigenvalue weighted by atomic mass is 9.86. The van der Waals surface area contributed by atoms with Crippen molar-refractivity contribution in [2.45, 2.75) is 32.8 Å². The summed E-state index contributed by atoms with van der Waals surface area (Å²) in [5.41, 5.74) is 2.54. The van der Waals surface area contributed by atoms with E-state index in [9.17, 15) is 4.79 Å². The molecule has 0 N–H and O–H groups in total. The Labute approximate surface area is 142 Å². The normalized spacial score (nSPS) is 22.5. The number of fused-ring (bicyclic) bond motifs is 1. The fourth-order valence-electron chi connectivity index (χ4n) is 3.53. The molecule has 1 unspecified atom stereocenters. The molecule has 0 saturated carbocycles. The largest absolute Gasteiger partial charge is 0.374 e. The summed E-state index contributed by atoms with van der Waals surface area (Å²) in [4.78, 5) is 27.6. The third kappa shape index (κ3) is 3.53. The summed E-state index contributed by atoms with van der Waals surface area (Å²) < 4.78 is 5.16. The fraction of sp³-hybridized carbons (Fsp3) is 0.556. The first-order valence-electron chi connectivity index (χ1n) is 8.44. The quantitative estimate of drug-likeness (QED) is 0.840. The maximum atomic E-state index is 12.2. The van der Waals surface area contributed by atoms with Crippen LogP contribution in [0, 0.1) is 11.8 Å². The number of ketones is 1. The molecule has 0 amide bonds. The molecule has 0 radical (unpaired) electrons. The summed E-state index contributed by atoms with van der Waals surface area (Å²) in [6, 6.07) is 1.99. The molecule has 2 aromatic rings. The van der Waals surface area contributed by atoms with Crippen molar-refractivity contribution >= 4 is 22.6 Å². The van der Waals surface area contributed by atoms with Crippen LogP contribution in [0.3, 0.4) is 0 Å². The van der Waals surface area contributed by atoms with Gasteiger partial charge >= 0.3 is 0 Å². The maximum absolute atomic E-state index is 12.2. The van der Waals surface area contributed by atoms with Crippen LogP contribution in [0.4, 0.5) is 5.69 Å². The number of pyridine rings is 1. The number of carbonyl (C=O) groups is 1. The topological polar surface area (TPSA) is 68.2 Å². The second kappa shape index (κ2) is 7.21. The van der Waals surface area contributed by atoms with E-state index in [0.717, 1.165) is 30.7 Å². The molecule has 1 aliphatic rings. The average Bonchev–Trinajstić information content (AvgIpc) is 2.60. The lowest BCUT2D eigenvalue weighted by molar-refractivity contribution is -0.128. The molecular weight excluding hydrogens is 304 g/mol. The molecule has 3 atom stereocenters. The SMILES string of the molecule is COC(C)C(=O)C[C@@H]1C[C@H](C)CN(c2ccnc3nccnc23)C1. The van der Waals surface area contributed by atoms with Crippen LogP contribution in [0.5, 0.6) is 0 Å². The van der Waals surface area contributed by atoms with Crippen LogP contribution in [0.2, 0.25) is 0 Å². The van der Waals surface area contributed by atoms with Crippen LogP contribution in [0.1, 0.15) is 26.7 Å². The Kier molecular flexibility index (Phi) is 5.04. The molecule has 0 aromatic carbocycles. The molecular formula is C18H24N4O2. The number of nitrogens with zero attached hydrogens (tertiary/aromatic N) is 4. The van der Waals surface area contributed by atoms with Gasteiger partial charge in [-0.25, -0.2) is 15.0 Å². The highest BCUT2D eigenvalue weighted by Gasteiger charge is 2.29. The first-order valence-corrected chi connectivity index (χ1v) is 8.44. The molecule has 1 aliphatic heterocycles. The predicted molar refractivity (Wildman–Crippen MR) is 92.9 cm³/mol. The van der Waals surface area contributed by atoms with Crippen molar-refractivity contribution < 1.29 is 9.53 Å². The van der Waals surface area contributed by atoms with Gasteiger partial charge in [-0.2, -0.15) is 0 Å². The van der Waals surface area contributed by atoms with E-state index in [4.69, 9.17) is 4.74 Å². The lowest BCUT2D eigenvalue weighted by Crippen LogP contribution is -2.41. The zero-order valence-corrected chi connectivity index (χ0v) is 14.5. The van der Waals surface area contributed by atoms with Crippen LogP contribution < -0.4 is 4.90 Å². The summed E-state index contributed by atoms with van der Waals surface area (Å²) in [7, 11) is 1.58. The van der Waals surface area contributed by atoms with Gasteiger partial charge in [-0.1, -0.05) is 6.92 Å². The lowest BCUT2D eigenvalue weighted by Gasteiger charge is -2.38. The number of carbonyl (C=O) groups excluding carboxylic acids is 1. The van der Waals surface area contributed by atoms with Crippen molar-refractivity contribution in [2.24, 2.45) is 11.8 Å². The monoisotopic (exact) mass is 328 g/mol. The van der Waals surface area contributed by atoms with Gasteiger partial charge in [0.05, 0.1) is 5.69 Å². The summed E-state index contributed by atoms with van der Waals surface area (Å²) in [6.07, 6.45) is 6.42. The molecule has 3 heterocycles. The second-order valence-electron chi connectivity index (χ2n) is 6.72. The molecule has 3 rings (SSSR count). The molecule has 24 heavy (non-hydrogen) atoms. The standard InChI is InChI=1S/C18H24N4O2/c1-12-8-14(9-16(23)13(2)24-3)11-22(10-12)15-4-5-20-18-17(15)19-6-7-21-18/h4-7,12-14H,8-11H2,1-3H3/t12-,13?,14-/m0/s1. The van der Waals surface area contributed by atoms with Gasteiger partial charge in [0.2, 0.25) is 0 Å². The average molecular weight is 328 g/mol. The highest BCUT2D eigenvalue weighted by Crippen LogP contribution is 2.31. The predicted octanol–water partition coefficient (Wildman–Crippen LogP) is 2.48. The molecule has 128 valence electrons. The van der Waals surface area contributed by atoms with Crippen molar-refractivity contribution in [3.05, 3.63) is 24.7 Å². The van der Waals surface area contributed by atoms with Gasteiger partial charge in [-0.05, 0) is 31.2 Å². The van der Waals surface area contributed by atoms with Crippen molar-refractivity contribution in [1.82, 2.24) is 15.0 Å². The highest BCUT2D eigenvalue weighted by atomic mass is 16.5. The molecule has 6 nitrogen and oxygen atoms in total. The Bertz CT molecular complexity index is 716. The number of piperidine rings is 1. The zero-order chi connectivity index (χ0) is 17.1.